The maximum Gasteiger partial charge on any atom is 0.228 e. The van der Waals surface area contributed by atoms with E-state index in [2.05, 4.69) is 35.5 Å². The third-order valence-electron chi connectivity index (χ3n) is 7.52. The quantitative estimate of drug-likeness (QED) is 0.145. The summed E-state index contributed by atoms with van der Waals surface area (Å²) in [7, 11) is 1.66. The van der Waals surface area contributed by atoms with Crippen LogP contribution in [0.3, 0.4) is 0 Å². The molecule has 0 aliphatic carbocycles. The predicted molar refractivity (Wildman–Crippen MR) is 180 cm³/mol. The van der Waals surface area contributed by atoms with Gasteiger partial charge in [0.25, 0.3) is 0 Å². The zero-order valence-corrected chi connectivity index (χ0v) is 28.0. The van der Waals surface area contributed by atoms with Crippen LogP contribution in [0.4, 0.5) is 5.69 Å². The van der Waals surface area contributed by atoms with Crippen LogP contribution in [0.1, 0.15) is 102 Å². The number of ether oxygens (including phenoxy) is 2. The average molecular weight is 648 g/mol. The van der Waals surface area contributed by atoms with Crippen LogP contribution >= 0.6 is 28.7 Å². The van der Waals surface area contributed by atoms with Gasteiger partial charge in [0.1, 0.15) is 11.5 Å². The number of allylic oxidation sites excluding steroid dienone is 1. The highest BCUT2D eigenvalue weighted by Crippen LogP contribution is 2.28. The topological polar surface area (TPSA) is 50.8 Å². The van der Waals surface area contributed by atoms with Crippen LogP contribution in [-0.2, 0) is 17.8 Å². The summed E-state index contributed by atoms with van der Waals surface area (Å²) in [5, 5.41) is 5.33. The molecule has 1 amide bonds. The number of para-hydroxylation sites is 1. The molecule has 0 fully saturated rings. The SMILES string of the molecule is Br.CCCCCCCCCCCCCCOc1cc(OC)ccc1CC(=O)Nc1ccccc1CN1CSC=C1C. The zero-order valence-electron chi connectivity index (χ0n) is 25.4. The Balaban J connectivity index is 0.00000588. The summed E-state index contributed by atoms with van der Waals surface area (Å²) in [5.74, 6) is 2.38. The number of anilines is 1. The highest BCUT2D eigenvalue weighted by molar-refractivity contribution is 8.93. The minimum Gasteiger partial charge on any atom is -0.497 e. The van der Waals surface area contributed by atoms with E-state index in [0.717, 1.165) is 47.2 Å². The van der Waals surface area contributed by atoms with Crippen LogP contribution in [0.5, 0.6) is 11.5 Å². The molecule has 0 saturated carbocycles. The normalized spacial score (nSPS) is 12.6. The molecule has 0 radical (unpaired) electrons. The van der Waals surface area contributed by atoms with Gasteiger partial charge in [0.05, 0.1) is 26.0 Å². The van der Waals surface area contributed by atoms with E-state index >= 15 is 0 Å². The van der Waals surface area contributed by atoms with Gasteiger partial charge < -0.3 is 19.7 Å². The Kier molecular flexibility index (Phi) is 17.7. The van der Waals surface area contributed by atoms with Crippen molar-refractivity contribution in [2.24, 2.45) is 0 Å². The molecule has 0 saturated heterocycles. The predicted octanol–water partition coefficient (Wildman–Crippen LogP) is 9.90. The number of halogens is 1. The van der Waals surface area contributed by atoms with E-state index in [1.807, 2.05) is 36.4 Å². The van der Waals surface area contributed by atoms with Crippen molar-refractivity contribution in [3.63, 3.8) is 0 Å². The van der Waals surface area contributed by atoms with Gasteiger partial charge >= 0.3 is 0 Å². The Hall–Kier alpha value is -2.12. The number of thioether (sulfide) groups is 1. The number of hydrogen-bond acceptors (Lipinski definition) is 5. The number of rotatable bonds is 20. The van der Waals surface area contributed by atoms with Crippen molar-refractivity contribution in [3.05, 3.63) is 64.7 Å². The van der Waals surface area contributed by atoms with Gasteiger partial charge in [-0.15, -0.1) is 28.7 Å². The van der Waals surface area contributed by atoms with Crippen LogP contribution in [-0.4, -0.2) is 30.4 Å². The summed E-state index contributed by atoms with van der Waals surface area (Å²) in [6, 6.07) is 13.8. The molecule has 1 aliphatic heterocycles. The van der Waals surface area contributed by atoms with Gasteiger partial charge in [0, 0.05) is 29.6 Å². The third-order valence-corrected chi connectivity index (χ3v) is 8.49. The molecular formula is C34H51BrN2O3S. The summed E-state index contributed by atoms with van der Waals surface area (Å²) in [6.45, 7) is 5.84. The molecule has 0 unspecified atom stereocenters. The van der Waals surface area contributed by atoms with Crippen molar-refractivity contribution in [1.82, 2.24) is 4.90 Å². The molecule has 0 aromatic heterocycles. The van der Waals surface area contributed by atoms with Crippen molar-refractivity contribution in [2.75, 3.05) is 24.9 Å². The fourth-order valence-corrected chi connectivity index (χ4v) is 5.95. The highest BCUT2D eigenvalue weighted by atomic mass is 79.9. The summed E-state index contributed by atoms with van der Waals surface area (Å²) in [4.78, 5) is 15.4. The lowest BCUT2D eigenvalue weighted by Gasteiger charge is -2.21. The van der Waals surface area contributed by atoms with Gasteiger partial charge in [0.15, 0.2) is 0 Å². The van der Waals surface area contributed by atoms with E-state index in [0.29, 0.717) is 6.61 Å². The van der Waals surface area contributed by atoms with Gasteiger partial charge in [-0.05, 0) is 36.4 Å². The molecule has 1 heterocycles. The summed E-state index contributed by atoms with van der Waals surface area (Å²) < 4.78 is 11.6. The maximum atomic E-state index is 13.1. The molecule has 2 aromatic carbocycles. The van der Waals surface area contributed by atoms with E-state index in [-0.39, 0.29) is 29.3 Å². The van der Waals surface area contributed by atoms with Crippen molar-refractivity contribution in [3.8, 4) is 11.5 Å². The molecular weight excluding hydrogens is 596 g/mol. The number of carbonyl (C=O) groups is 1. The number of carbonyl (C=O) groups excluding carboxylic acids is 1. The Morgan fingerprint density at radius 3 is 2.20 bits per heavy atom. The summed E-state index contributed by atoms with van der Waals surface area (Å²) >= 11 is 1.80. The largest absolute Gasteiger partial charge is 0.497 e. The van der Waals surface area contributed by atoms with Crippen molar-refractivity contribution in [2.45, 2.75) is 104 Å². The van der Waals surface area contributed by atoms with Crippen LogP contribution < -0.4 is 14.8 Å². The summed E-state index contributed by atoms with van der Waals surface area (Å²) in [5.41, 5.74) is 4.12. The van der Waals surface area contributed by atoms with Crippen LogP contribution in [0.2, 0.25) is 0 Å². The van der Waals surface area contributed by atoms with E-state index in [4.69, 9.17) is 9.47 Å². The molecule has 2 aromatic rings. The first-order valence-electron chi connectivity index (χ1n) is 15.3. The smallest absolute Gasteiger partial charge is 0.228 e. The lowest BCUT2D eigenvalue weighted by Crippen LogP contribution is -2.20. The van der Waals surface area contributed by atoms with Gasteiger partial charge in [-0.1, -0.05) is 102 Å². The Morgan fingerprint density at radius 2 is 1.56 bits per heavy atom. The number of nitrogens with one attached hydrogen (secondary N) is 1. The molecule has 1 aliphatic rings. The van der Waals surface area contributed by atoms with E-state index in [1.165, 1.54) is 76.3 Å². The first kappa shape index (κ1) is 35.1. The molecule has 5 nitrogen and oxygen atoms in total. The van der Waals surface area contributed by atoms with Gasteiger partial charge in [-0.2, -0.15) is 0 Å². The fourth-order valence-electron chi connectivity index (χ4n) is 5.02. The van der Waals surface area contributed by atoms with Crippen LogP contribution in [0, 0.1) is 0 Å². The van der Waals surface area contributed by atoms with Crippen LogP contribution in [0.25, 0.3) is 0 Å². The fraction of sp³-hybridized carbons (Fsp3) is 0.559. The zero-order chi connectivity index (χ0) is 28.4. The average Bonchev–Trinajstić information content (AvgIpc) is 3.37. The molecule has 228 valence electrons. The molecule has 41 heavy (non-hydrogen) atoms. The van der Waals surface area contributed by atoms with E-state index < -0.39 is 0 Å². The number of nitrogens with zero attached hydrogens (tertiary/aromatic N) is 1. The number of hydrogen-bond donors (Lipinski definition) is 1. The first-order valence-corrected chi connectivity index (χ1v) is 16.4. The number of unbranched alkanes of at least 4 members (excludes halogenated alkanes) is 11. The second-order valence-corrected chi connectivity index (χ2v) is 11.7. The van der Waals surface area contributed by atoms with Crippen molar-refractivity contribution >= 4 is 40.3 Å². The number of methoxy groups -OCH3 is 1. The highest BCUT2D eigenvalue weighted by Gasteiger charge is 2.16. The lowest BCUT2D eigenvalue weighted by molar-refractivity contribution is -0.115. The van der Waals surface area contributed by atoms with Gasteiger partial charge in [-0.25, -0.2) is 0 Å². The standard InChI is InChI=1S/C34H50N2O3S.BrH/c1-4-5-6-7-8-9-10-11-12-13-14-17-22-39-33-24-31(38-3)21-20-29(33)23-34(37)35-32-19-16-15-18-30(32)25-36-27-40-26-28(36)2;/h15-16,18-21,24,26H,4-14,17,22-23,25,27H2,1-3H3,(H,35,37);1H. The molecule has 3 rings (SSSR count). The third kappa shape index (κ3) is 13.2. The van der Waals surface area contributed by atoms with Crippen LogP contribution in [0.15, 0.2) is 53.6 Å². The summed E-state index contributed by atoms with van der Waals surface area (Å²) in [6.07, 6.45) is 16.1. The van der Waals surface area contributed by atoms with Crippen molar-refractivity contribution < 1.29 is 14.3 Å². The second-order valence-electron chi connectivity index (χ2n) is 10.8. The van der Waals surface area contributed by atoms with E-state index in [1.54, 1.807) is 18.9 Å². The van der Waals surface area contributed by atoms with Crippen molar-refractivity contribution in [1.29, 1.82) is 0 Å². The number of amides is 1. The Labute approximate surface area is 263 Å². The molecule has 0 bridgehead atoms. The molecule has 0 spiro atoms. The lowest BCUT2D eigenvalue weighted by atomic mass is 10.1. The molecule has 0 atom stereocenters. The van der Waals surface area contributed by atoms with Gasteiger partial charge in [0.2, 0.25) is 5.91 Å². The Morgan fingerprint density at radius 1 is 0.902 bits per heavy atom. The number of benzene rings is 2. The minimum absolute atomic E-state index is 0. The maximum absolute atomic E-state index is 13.1. The van der Waals surface area contributed by atoms with E-state index in [9.17, 15) is 4.79 Å². The monoisotopic (exact) mass is 646 g/mol. The second kappa shape index (κ2) is 20.7. The molecule has 1 N–H and O–H groups in total. The minimum atomic E-state index is -0.0455. The first-order chi connectivity index (χ1) is 19.6. The van der Waals surface area contributed by atoms with Gasteiger partial charge in [-0.3, -0.25) is 4.79 Å². The molecule has 7 heteroatoms. The Bertz CT molecular complexity index is 1060.